The molecule has 0 atom stereocenters. The van der Waals surface area contributed by atoms with Gasteiger partial charge in [0.15, 0.2) is 0 Å². The molecule has 0 radical (unpaired) electrons. The number of carbonyl (C=O) groups is 1. The molecule has 0 saturated heterocycles. The summed E-state index contributed by atoms with van der Waals surface area (Å²) >= 11 is 3.62. The smallest absolute Gasteiger partial charge is 0.410 e. The number of ether oxygens (including phenoxy) is 2. The molecule has 1 aromatic rings. The Hall–Kier alpha value is -1.27. The molecule has 0 N–H and O–H groups in total. The molecular weight excluding hydrogens is 372 g/mol. The van der Waals surface area contributed by atoms with Gasteiger partial charge >= 0.3 is 6.09 Å². The van der Waals surface area contributed by atoms with Gasteiger partial charge in [0.25, 0.3) is 0 Å². The number of benzene rings is 1. The summed E-state index contributed by atoms with van der Waals surface area (Å²) in [6.45, 7) is 8.41. The average Bonchev–Trinajstić information content (AvgIpc) is 2.44. The topological polar surface area (TPSA) is 42.0 Å². The number of likely N-dealkylation sites (N-methyl/N-ethyl adjacent to an activating group) is 1. The van der Waals surface area contributed by atoms with Gasteiger partial charge in [-0.3, -0.25) is 0 Å². The zero-order valence-electron chi connectivity index (χ0n) is 15.2. The van der Waals surface area contributed by atoms with E-state index in [1.54, 1.807) is 4.90 Å². The number of fused-ring (bicyclic) bond motifs is 1. The lowest BCUT2D eigenvalue weighted by Gasteiger charge is -2.32. The summed E-state index contributed by atoms with van der Waals surface area (Å²) in [5.74, 6) is 0.869. The van der Waals surface area contributed by atoms with Crippen LogP contribution in [0.2, 0.25) is 0 Å². The third kappa shape index (κ3) is 5.38. The maximum Gasteiger partial charge on any atom is 0.410 e. The molecule has 0 aliphatic carbocycles. The van der Waals surface area contributed by atoms with E-state index in [2.05, 4.69) is 26.9 Å². The van der Waals surface area contributed by atoms with Crippen molar-refractivity contribution in [3.05, 3.63) is 27.7 Å². The number of carbonyl (C=O) groups excluding carboxylic acids is 1. The lowest BCUT2D eigenvalue weighted by atomic mass is 9.99. The fraction of sp³-hybridized carbons (Fsp3) is 0.611. The fourth-order valence-corrected chi connectivity index (χ4v) is 3.11. The first-order valence-corrected chi connectivity index (χ1v) is 9.02. The zero-order valence-corrected chi connectivity index (χ0v) is 16.8. The van der Waals surface area contributed by atoms with Crippen molar-refractivity contribution < 1.29 is 14.3 Å². The molecule has 5 nitrogen and oxygen atoms in total. The Kier molecular flexibility index (Phi) is 6.15. The van der Waals surface area contributed by atoms with Gasteiger partial charge < -0.3 is 19.3 Å². The van der Waals surface area contributed by atoms with Crippen LogP contribution in [0.25, 0.3) is 0 Å². The molecule has 1 aromatic carbocycles. The average molecular weight is 399 g/mol. The van der Waals surface area contributed by atoms with Gasteiger partial charge in [0.2, 0.25) is 0 Å². The molecule has 1 amide bonds. The van der Waals surface area contributed by atoms with Crippen LogP contribution in [-0.2, 0) is 17.7 Å². The Balaban J connectivity index is 2.05. The van der Waals surface area contributed by atoms with Crippen molar-refractivity contribution in [3.63, 3.8) is 0 Å². The summed E-state index contributed by atoms with van der Waals surface area (Å²) in [5.41, 5.74) is 1.88. The predicted octanol–water partition coefficient (Wildman–Crippen LogP) is 3.68. The Morgan fingerprint density at radius 3 is 2.67 bits per heavy atom. The molecular formula is C18H27BrN2O3. The van der Waals surface area contributed by atoms with Crippen molar-refractivity contribution >= 4 is 22.0 Å². The summed E-state index contributed by atoms with van der Waals surface area (Å²) in [6.07, 6.45) is 0.546. The van der Waals surface area contributed by atoms with Crippen molar-refractivity contribution in [3.8, 4) is 5.75 Å². The third-order valence-electron chi connectivity index (χ3n) is 3.72. The van der Waals surface area contributed by atoms with E-state index in [1.807, 2.05) is 40.9 Å². The highest BCUT2D eigenvalue weighted by Crippen LogP contribution is 2.32. The summed E-state index contributed by atoms with van der Waals surface area (Å²) in [6, 6.07) is 4.06. The van der Waals surface area contributed by atoms with Crippen molar-refractivity contribution in [2.24, 2.45) is 0 Å². The van der Waals surface area contributed by atoms with Crippen LogP contribution >= 0.6 is 15.9 Å². The normalized spacial score (nSPS) is 14.5. The lowest BCUT2D eigenvalue weighted by Crippen LogP contribution is -2.40. The highest BCUT2D eigenvalue weighted by molar-refractivity contribution is 9.10. The lowest BCUT2D eigenvalue weighted by molar-refractivity contribution is 0.0223. The second-order valence-corrected chi connectivity index (χ2v) is 8.20. The quantitative estimate of drug-likeness (QED) is 0.775. The van der Waals surface area contributed by atoms with Crippen LogP contribution in [0.3, 0.4) is 0 Å². The van der Waals surface area contributed by atoms with Crippen LogP contribution in [0.4, 0.5) is 4.79 Å². The molecule has 6 heteroatoms. The first kappa shape index (κ1) is 19.1. The molecule has 0 aromatic heterocycles. The summed E-state index contributed by atoms with van der Waals surface area (Å²) in [4.78, 5) is 16.1. The molecule has 134 valence electrons. The van der Waals surface area contributed by atoms with E-state index in [0.717, 1.165) is 28.8 Å². The van der Waals surface area contributed by atoms with Gasteiger partial charge in [-0.25, -0.2) is 4.79 Å². The van der Waals surface area contributed by atoms with Crippen molar-refractivity contribution in [1.82, 2.24) is 9.80 Å². The number of amides is 1. The molecule has 2 rings (SSSR count). The zero-order chi connectivity index (χ0) is 17.9. The van der Waals surface area contributed by atoms with Gasteiger partial charge in [-0.1, -0.05) is 15.9 Å². The van der Waals surface area contributed by atoms with Crippen LogP contribution in [0.5, 0.6) is 5.75 Å². The van der Waals surface area contributed by atoms with E-state index in [9.17, 15) is 4.79 Å². The van der Waals surface area contributed by atoms with E-state index in [1.165, 1.54) is 5.56 Å². The molecule has 1 aliphatic rings. The second-order valence-electron chi connectivity index (χ2n) is 7.35. The number of hydrogen-bond acceptors (Lipinski definition) is 4. The van der Waals surface area contributed by atoms with Gasteiger partial charge in [-0.2, -0.15) is 0 Å². The number of hydrogen-bond donors (Lipinski definition) is 0. The van der Waals surface area contributed by atoms with E-state index < -0.39 is 5.60 Å². The molecule has 0 unspecified atom stereocenters. The van der Waals surface area contributed by atoms with Crippen molar-refractivity contribution in [1.29, 1.82) is 0 Å². The first-order valence-electron chi connectivity index (χ1n) is 8.22. The highest BCUT2D eigenvalue weighted by atomic mass is 79.9. The predicted molar refractivity (Wildman–Crippen MR) is 98.5 cm³/mol. The van der Waals surface area contributed by atoms with E-state index in [0.29, 0.717) is 19.7 Å². The molecule has 24 heavy (non-hydrogen) atoms. The van der Waals surface area contributed by atoms with Crippen LogP contribution in [0.1, 0.15) is 31.9 Å². The monoisotopic (exact) mass is 398 g/mol. The minimum absolute atomic E-state index is 0.258. The van der Waals surface area contributed by atoms with Gasteiger partial charge in [0.1, 0.15) is 18.0 Å². The van der Waals surface area contributed by atoms with Crippen molar-refractivity contribution in [2.75, 3.05) is 33.8 Å². The Morgan fingerprint density at radius 1 is 1.33 bits per heavy atom. The first-order chi connectivity index (χ1) is 11.2. The van der Waals surface area contributed by atoms with E-state index in [-0.39, 0.29) is 6.09 Å². The minimum Gasteiger partial charge on any atom is -0.492 e. The Labute approximate surface area is 153 Å². The molecule has 0 saturated carbocycles. The van der Waals surface area contributed by atoms with Gasteiger partial charge in [-0.15, -0.1) is 0 Å². The van der Waals surface area contributed by atoms with Gasteiger partial charge in [-0.05, 0) is 64.5 Å². The maximum absolute atomic E-state index is 12.3. The fourth-order valence-electron chi connectivity index (χ4n) is 2.50. The summed E-state index contributed by atoms with van der Waals surface area (Å²) in [7, 11) is 4.05. The Bertz CT molecular complexity index is 597. The number of halogens is 1. The van der Waals surface area contributed by atoms with Gasteiger partial charge in [0.05, 0.1) is 6.54 Å². The van der Waals surface area contributed by atoms with E-state index >= 15 is 0 Å². The molecule has 1 aliphatic heterocycles. The standard InChI is InChI=1S/C18H27BrN2O3/c1-18(2,3)24-17(22)21-7-6-13-10-14(23-9-8-20(4)5)11-16(19)15(13)12-21/h10-11H,6-9,12H2,1-5H3. The van der Waals surface area contributed by atoms with Crippen LogP contribution in [0, 0.1) is 0 Å². The van der Waals surface area contributed by atoms with Gasteiger partial charge in [0, 0.05) is 17.6 Å². The van der Waals surface area contributed by atoms with E-state index in [4.69, 9.17) is 9.47 Å². The maximum atomic E-state index is 12.3. The van der Waals surface area contributed by atoms with Crippen molar-refractivity contribution in [2.45, 2.75) is 39.3 Å². The highest BCUT2D eigenvalue weighted by Gasteiger charge is 2.27. The molecule has 0 bridgehead atoms. The SMILES string of the molecule is CN(C)CCOc1cc(Br)c2c(c1)CCN(C(=O)OC(C)(C)C)C2. The largest absolute Gasteiger partial charge is 0.492 e. The third-order valence-corrected chi connectivity index (χ3v) is 4.43. The number of rotatable bonds is 4. The van der Waals surface area contributed by atoms with Crippen LogP contribution in [0.15, 0.2) is 16.6 Å². The molecule has 0 spiro atoms. The molecule has 0 fully saturated rings. The van der Waals surface area contributed by atoms with Crippen LogP contribution < -0.4 is 4.74 Å². The summed E-state index contributed by atoms with van der Waals surface area (Å²) in [5, 5.41) is 0. The minimum atomic E-state index is -0.473. The molecule has 1 heterocycles. The second kappa shape index (κ2) is 7.74. The number of nitrogens with zero attached hydrogens (tertiary/aromatic N) is 2. The van der Waals surface area contributed by atoms with Crippen LogP contribution in [-0.4, -0.2) is 55.3 Å². The Morgan fingerprint density at radius 2 is 2.04 bits per heavy atom. The summed E-state index contributed by atoms with van der Waals surface area (Å²) < 4.78 is 12.3.